The van der Waals surface area contributed by atoms with Gasteiger partial charge in [-0.1, -0.05) is 36.8 Å². The molecular weight excluding hydrogens is 401 g/mol. The molecule has 3 aliphatic rings. The first-order chi connectivity index (χ1) is 14.9. The van der Waals surface area contributed by atoms with Gasteiger partial charge in [0.1, 0.15) is 0 Å². The third-order valence-corrected chi connectivity index (χ3v) is 7.24. The van der Waals surface area contributed by atoms with Gasteiger partial charge in [-0.2, -0.15) is 13.2 Å². The number of aliphatic hydroxyl groups excluding tert-OH is 1. The van der Waals surface area contributed by atoms with E-state index in [0.717, 1.165) is 30.5 Å². The van der Waals surface area contributed by atoms with Crippen LogP contribution in [0.2, 0.25) is 0 Å². The van der Waals surface area contributed by atoms with Gasteiger partial charge in [0.05, 0.1) is 13.0 Å². The monoisotopic (exact) mass is 434 g/mol. The smallest absolute Gasteiger partial charge is 0.390 e. The first kappa shape index (κ1) is 22.6. The Kier molecular flexibility index (Phi) is 7.26. The molecule has 1 aromatic carbocycles. The van der Waals surface area contributed by atoms with Crippen LogP contribution in [0, 0.1) is 17.8 Å². The van der Waals surface area contributed by atoms with E-state index in [9.17, 15) is 18.3 Å². The van der Waals surface area contributed by atoms with Crippen molar-refractivity contribution in [2.45, 2.75) is 69.1 Å². The summed E-state index contributed by atoms with van der Waals surface area (Å²) in [6.45, 7) is 2.38. The zero-order valence-corrected chi connectivity index (χ0v) is 18.1. The molecule has 0 unspecified atom stereocenters. The summed E-state index contributed by atoms with van der Waals surface area (Å²) in [4.78, 5) is 4.27. The molecule has 1 saturated carbocycles. The van der Waals surface area contributed by atoms with E-state index < -0.39 is 12.6 Å². The number of hydrogen-bond acceptors (Lipinski definition) is 3. The molecule has 1 N–H and O–H groups in total. The second kappa shape index (κ2) is 9.94. The van der Waals surface area contributed by atoms with Crippen LogP contribution in [0.3, 0.4) is 0 Å². The fourth-order valence-corrected chi connectivity index (χ4v) is 5.54. The van der Waals surface area contributed by atoms with E-state index in [4.69, 9.17) is 0 Å². The van der Waals surface area contributed by atoms with Crippen LogP contribution in [0.4, 0.5) is 13.2 Å². The fraction of sp³-hybridized carbons (Fsp3) is 0.680. The lowest BCUT2D eigenvalue weighted by atomic mass is 9.74. The van der Waals surface area contributed by atoms with E-state index in [-0.39, 0.29) is 31.2 Å². The van der Waals surface area contributed by atoms with Crippen LogP contribution in [0.25, 0.3) is 0 Å². The normalized spacial score (nSPS) is 28.2. The predicted octanol–water partition coefficient (Wildman–Crippen LogP) is 4.41. The zero-order valence-electron chi connectivity index (χ0n) is 18.1. The van der Waals surface area contributed by atoms with Gasteiger partial charge >= 0.3 is 6.18 Å². The van der Waals surface area contributed by atoms with E-state index >= 15 is 0 Å². The topological polar surface area (TPSA) is 26.7 Å². The first-order valence-electron chi connectivity index (χ1n) is 11.7. The molecule has 4 rings (SSSR count). The molecule has 0 bridgehead atoms. The van der Waals surface area contributed by atoms with Gasteiger partial charge in [-0.05, 0) is 56.5 Å². The van der Waals surface area contributed by atoms with E-state index in [2.05, 4.69) is 41.0 Å². The Bertz CT molecular complexity index is 777. The van der Waals surface area contributed by atoms with Gasteiger partial charge in [0.25, 0.3) is 0 Å². The van der Waals surface area contributed by atoms with Gasteiger partial charge in [0, 0.05) is 42.6 Å². The Morgan fingerprint density at radius 1 is 1.00 bits per heavy atom. The number of alkyl halides is 3. The minimum absolute atomic E-state index is 0.0444. The maximum Gasteiger partial charge on any atom is 0.390 e. The summed E-state index contributed by atoms with van der Waals surface area (Å²) >= 11 is 0. The third kappa shape index (κ3) is 5.63. The minimum atomic E-state index is -4.12. The summed E-state index contributed by atoms with van der Waals surface area (Å²) in [5, 5.41) is 10.0. The Balaban J connectivity index is 1.45. The summed E-state index contributed by atoms with van der Waals surface area (Å²) in [5.74, 6) is 7.36. The van der Waals surface area contributed by atoms with Crippen molar-refractivity contribution < 1.29 is 18.3 Å². The highest BCUT2D eigenvalue weighted by atomic mass is 19.4. The molecule has 6 heteroatoms. The molecule has 0 amide bonds. The number of fused-ring (bicyclic) bond motifs is 1. The van der Waals surface area contributed by atoms with Crippen molar-refractivity contribution in [2.75, 3.05) is 32.8 Å². The Labute approximate surface area is 183 Å². The molecule has 3 fully saturated rings. The highest BCUT2D eigenvalue weighted by Crippen LogP contribution is 2.42. The second-order valence-corrected chi connectivity index (χ2v) is 9.33. The van der Waals surface area contributed by atoms with E-state index in [1.807, 2.05) is 4.90 Å². The molecule has 0 radical (unpaired) electrons. The predicted molar refractivity (Wildman–Crippen MR) is 116 cm³/mol. The number of nitrogens with zero attached hydrogens (tertiary/aromatic N) is 2. The lowest BCUT2D eigenvalue weighted by molar-refractivity contribution is -0.140. The van der Waals surface area contributed by atoms with Crippen molar-refractivity contribution >= 4 is 0 Å². The van der Waals surface area contributed by atoms with Crippen LogP contribution >= 0.6 is 0 Å². The van der Waals surface area contributed by atoms with Crippen LogP contribution in [-0.4, -0.2) is 66.0 Å². The van der Waals surface area contributed by atoms with Crippen LogP contribution in [0.1, 0.15) is 62.0 Å². The average Bonchev–Trinajstić information content (AvgIpc) is 3.24. The fourth-order valence-electron chi connectivity index (χ4n) is 5.54. The molecule has 0 spiro atoms. The maximum atomic E-state index is 12.8. The average molecular weight is 435 g/mol. The first-order valence-corrected chi connectivity index (χ1v) is 11.7. The quantitative estimate of drug-likeness (QED) is 0.712. The molecule has 1 aromatic rings. The second-order valence-electron chi connectivity index (χ2n) is 9.33. The van der Waals surface area contributed by atoms with E-state index in [1.165, 1.54) is 25.7 Å². The van der Waals surface area contributed by atoms with Crippen molar-refractivity contribution in [1.29, 1.82) is 0 Å². The lowest BCUT2D eigenvalue weighted by Gasteiger charge is -2.57. The third-order valence-electron chi connectivity index (χ3n) is 7.24. The van der Waals surface area contributed by atoms with Gasteiger partial charge in [-0.15, -0.1) is 0 Å². The summed E-state index contributed by atoms with van der Waals surface area (Å²) in [5.41, 5.74) is 2.17. The number of rotatable bonds is 4. The summed E-state index contributed by atoms with van der Waals surface area (Å²) in [6.07, 6.45) is 1.94. The molecule has 3 nitrogen and oxygen atoms in total. The number of halogens is 3. The molecule has 31 heavy (non-hydrogen) atoms. The molecule has 1 aliphatic carbocycles. The minimum Gasteiger partial charge on any atom is -0.395 e. The summed E-state index contributed by atoms with van der Waals surface area (Å²) < 4.78 is 38.3. The molecule has 2 heterocycles. The standard InChI is InChI=1S/C25H33F3N2O/c26-25(27,28)13-16-29-14-3-4-15-30-22(17-29)24(23(30)18-31)21-11-9-20(10-12-21)8-7-19-5-1-2-6-19/h9-12,19,22-24,31H,1-6,13-18H2/t22-,23+,24-/m0/s1. The Morgan fingerprint density at radius 3 is 2.39 bits per heavy atom. The molecular formula is C25H33F3N2O. The Morgan fingerprint density at radius 2 is 1.71 bits per heavy atom. The molecule has 2 saturated heterocycles. The molecule has 2 aliphatic heterocycles. The highest BCUT2D eigenvalue weighted by molar-refractivity contribution is 5.39. The summed E-state index contributed by atoms with van der Waals surface area (Å²) in [6, 6.07) is 8.51. The van der Waals surface area contributed by atoms with Crippen molar-refractivity contribution in [3.63, 3.8) is 0 Å². The largest absolute Gasteiger partial charge is 0.395 e. The van der Waals surface area contributed by atoms with Crippen molar-refractivity contribution in [1.82, 2.24) is 9.80 Å². The van der Waals surface area contributed by atoms with Crippen LogP contribution < -0.4 is 0 Å². The highest BCUT2D eigenvalue weighted by Gasteiger charge is 2.49. The number of benzene rings is 1. The van der Waals surface area contributed by atoms with Crippen molar-refractivity contribution in [2.24, 2.45) is 5.92 Å². The van der Waals surface area contributed by atoms with Crippen LogP contribution in [0.5, 0.6) is 0 Å². The van der Waals surface area contributed by atoms with Gasteiger partial charge in [0.15, 0.2) is 0 Å². The van der Waals surface area contributed by atoms with E-state index in [0.29, 0.717) is 19.0 Å². The lowest BCUT2D eigenvalue weighted by Crippen LogP contribution is -2.67. The van der Waals surface area contributed by atoms with Crippen molar-refractivity contribution in [3.8, 4) is 11.8 Å². The van der Waals surface area contributed by atoms with Crippen molar-refractivity contribution in [3.05, 3.63) is 35.4 Å². The SMILES string of the molecule is OC[C@@H]1[C@@H](c2ccc(C#CC3CCCC3)cc2)[C@@H]2CN(CCC(F)(F)F)CCCCN12. The zero-order chi connectivity index (χ0) is 21.8. The number of aliphatic hydroxyl groups is 1. The maximum absolute atomic E-state index is 12.8. The summed E-state index contributed by atoms with van der Waals surface area (Å²) in [7, 11) is 0. The van der Waals surface area contributed by atoms with Gasteiger partial charge in [-0.3, -0.25) is 4.90 Å². The van der Waals surface area contributed by atoms with Gasteiger partial charge in [-0.25, -0.2) is 0 Å². The molecule has 3 atom stereocenters. The molecule has 0 aromatic heterocycles. The van der Waals surface area contributed by atoms with Crippen LogP contribution in [0.15, 0.2) is 24.3 Å². The Hall–Kier alpha value is -1.55. The van der Waals surface area contributed by atoms with Gasteiger partial charge in [0.2, 0.25) is 0 Å². The van der Waals surface area contributed by atoms with Crippen LogP contribution in [-0.2, 0) is 0 Å². The van der Waals surface area contributed by atoms with Gasteiger partial charge < -0.3 is 10.0 Å². The number of hydrogen-bond donors (Lipinski definition) is 1. The van der Waals surface area contributed by atoms with E-state index in [1.54, 1.807) is 0 Å². The molecule has 170 valence electrons.